The zero-order valence-corrected chi connectivity index (χ0v) is 12.7. The van der Waals surface area contributed by atoms with Crippen LogP contribution in [-0.2, 0) is 6.61 Å². The number of non-ortho nitro benzene ring substituents is 1. The van der Waals surface area contributed by atoms with Crippen molar-refractivity contribution in [1.82, 2.24) is 0 Å². The Balaban J connectivity index is 2.22. The molecule has 2 aromatic carbocycles. The minimum atomic E-state index is -0.815. The summed E-state index contributed by atoms with van der Waals surface area (Å²) in [7, 11) is 0. The van der Waals surface area contributed by atoms with Crippen LogP contribution in [0.5, 0.6) is 0 Å². The lowest BCUT2D eigenvalue weighted by Crippen LogP contribution is -2.47. The van der Waals surface area contributed by atoms with Crippen molar-refractivity contribution in [2.75, 3.05) is 0 Å². The molecule has 0 aliphatic rings. The lowest BCUT2D eigenvalue weighted by molar-refractivity contribution is -0.637. The molecule has 126 valence electrons. The Kier molecular flexibility index (Phi) is 3.99. The maximum absolute atomic E-state index is 12.7. The minimum absolute atomic E-state index is 0.0137. The van der Waals surface area contributed by atoms with Gasteiger partial charge in [-0.25, -0.2) is 0 Å². The van der Waals surface area contributed by atoms with Crippen molar-refractivity contribution >= 4 is 22.5 Å². The molecule has 0 unspecified atom stereocenters. The fourth-order valence-electron chi connectivity index (χ4n) is 2.52. The van der Waals surface area contributed by atoms with Gasteiger partial charge in [-0.1, -0.05) is 12.1 Å². The first kappa shape index (κ1) is 16.3. The Morgan fingerprint density at radius 2 is 1.56 bits per heavy atom. The summed E-state index contributed by atoms with van der Waals surface area (Å²) in [6.45, 7) is -0.815. The number of carbonyl (C=O) groups is 1. The van der Waals surface area contributed by atoms with E-state index in [-0.39, 0.29) is 22.3 Å². The zero-order chi connectivity index (χ0) is 18.1. The van der Waals surface area contributed by atoms with Crippen LogP contribution in [0.15, 0.2) is 48.5 Å². The first-order valence-electron chi connectivity index (χ1n) is 7.12. The molecule has 9 nitrogen and oxygen atoms in total. The molecule has 0 aliphatic heterocycles. The van der Waals surface area contributed by atoms with E-state index in [1.165, 1.54) is 30.3 Å². The Morgan fingerprint density at radius 1 is 1.00 bits per heavy atom. The summed E-state index contributed by atoms with van der Waals surface area (Å²) in [6, 6.07) is 10.5. The third-order valence-corrected chi connectivity index (χ3v) is 3.75. The molecule has 0 bridgehead atoms. The second kappa shape index (κ2) is 6.13. The minimum Gasteiger partial charge on any atom is -0.618 e. The molecule has 1 heterocycles. The van der Waals surface area contributed by atoms with E-state index in [2.05, 4.69) is 0 Å². The van der Waals surface area contributed by atoms with E-state index >= 15 is 0 Å². The van der Waals surface area contributed by atoms with E-state index in [9.17, 15) is 30.4 Å². The predicted octanol–water partition coefficient (Wildman–Crippen LogP) is 0.738. The van der Waals surface area contributed by atoms with Crippen LogP contribution in [0.2, 0.25) is 0 Å². The molecule has 0 saturated heterocycles. The summed E-state index contributed by atoms with van der Waals surface area (Å²) in [4.78, 5) is 22.7. The number of hydrogen-bond donors (Lipinski definition) is 1. The van der Waals surface area contributed by atoms with Gasteiger partial charge >= 0.3 is 5.69 Å². The molecule has 0 saturated carbocycles. The molecule has 25 heavy (non-hydrogen) atoms. The van der Waals surface area contributed by atoms with E-state index in [4.69, 9.17) is 0 Å². The van der Waals surface area contributed by atoms with Crippen molar-refractivity contribution in [2.45, 2.75) is 6.61 Å². The van der Waals surface area contributed by atoms with Crippen molar-refractivity contribution in [1.29, 1.82) is 0 Å². The van der Waals surface area contributed by atoms with Gasteiger partial charge < -0.3 is 15.5 Å². The number of hydrogen-bond acceptors (Lipinski definition) is 6. The Hall–Kier alpha value is -3.59. The quantitative estimate of drug-likeness (QED) is 0.244. The standard InChI is InChI=1S/C16H11N3O6/c20-9-14-15(16(21)10-5-7-11(8-6-10)19(24)25)18(23)13-4-2-1-3-12(13)17(14)22/h1-8,20H,9H2. The van der Waals surface area contributed by atoms with Crippen molar-refractivity contribution in [3.63, 3.8) is 0 Å². The molecule has 0 radical (unpaired) electrons. The molecule has 0 amide bonds. The fraction of sp³-hybridized carbons (Fsp3) is 0.0625. The van der Waals surface area contributed by atoms with Crippen LogP contribution in [0.4, 0.5) is 5.69 Å². The van der Waals surface area contributed by atoms with Gasteiger partial charge in [0, 0.05) is 29.8 Å². The summed E-state index contributed by atoms with van der Waals surface area (Å²) >= 11 is 0. The van der Waals surface area contributed by atoms with Gasteiger partial charge in [0.15, 0.2) is 0 Å². The first-order valence-corrected chi connectivity index (χ1v) is 7.12. The molecule has 0 fully saturated rings. The molecule has 1 aromatic heterocycles. The second-order valence-corrected chi connectivity index (χ2v) is 5.16. The van der Waals surface area contributed by atoms with Gasteiger partial charge in [0.1, 0.15) is 6.61 Å². The molecule has 0 spiro atoms. The largest absolute Gasteiger partial charge is 0.618 e. The number of nitrogens with zero attached hydrogens (tertiary/aromatic N) is 3. The van der Waals surface area contributed by atoms with E-state index < -0.39 is 28.7 Å². The Labute approximate surface area is 140 Å². The van der Waals surface area contributed by atoms with Crippen LogP contribution < -0.4 is 9.46 Å². The molecule has 0 atom stereocenters. The molecule has 0 aliphatic carbocycles. The summed E-state index contributed by atoms with van der Waals surface area (Å²) in [5, 5.41) is 45.1. The number of ketones is 1. The average Bonchev–Trinajstić information content (AvgIpc) is 2.64. The van der Waals surface area contributed by atoms with Crippen LogP contribution in [0, 0.1) is 20.5 Å². The van der Waals surface area contributed by atoms with Gasteiger partial charge in [-0.15, -0.1) is 0 Å². The third-order valence-electron chi connectivity index (χ3n) is 3.75. The highest BCUT2D eigenvalue weighted by Crippen LogP contribution is 2.17. The number of fused-ring (bicyclic) bond motifs is 1. The molecule has 9 heteroatoms. The van der Waals surface area contributed by atoms with E-state index in [1.54, 1.807) is 6.07 Å². The van der Waals surface area contributed by atoms with Crippen LogP contribution in [0.25, 0.3) is 11.0 Å². The number of nitro groups is 1. The number of aliphatic hydroxyl groups is 1. The highest BCUT2D eigenvalue weighted by molar-refractivity contribution is 6.07. The maximum atomic E-state index is 12.7. The maximum Gasteiger partial charge on any atom is 0.336 e. The SMILES string of the molecule is O=C(c1ccc([N+](=O)[O-])cc1)c1c(CO)[n+]([O-])c2ccccc2[n+]1[O-]. The van der Waals surface area contributed by atoms with Crippen molar-refractivity contribution < 1.29 is 24.3 Å². The van der Waals surface area contributed by atoms with E-state index in [1.807, 2.05) is 0 Å². The van der Waals surface area contributed by atoms with E-state index in [0.717, 1.165) is 12.1 Å². The van der Waals surface area contributed by atoms with Gasteiger partial charge in [0.2, 0.25) is 0 Å². The van der Waals surface area contributed by atoms with Gasteiger partial charge in [-0.2, -0.15) is 9.46 Å². The number of aromatic nitrogens is 2. The molecular formula is C16H11N3O6. The normalized spacial score (nSPS) is 10.8. The van der Waals surface area contributed by atoms with Gasteiger partial charge in [-0.05, 0) is 12.1 Å². The van der Waals surface area contributed by atoms with Gasteiger partial charge in [-0.3, -0.25) is 14.9 Å². The topological polar surface area (TPSA) is 134 Å². The molecule has 3 rings (SSSR count). The van der Waals surface area contributed by atoms with Crippen LogP contribution >= 0.6 is 0 Å². The van der Waals surface area contributed by atoms with Gasteiger partial charge in [0.25, 0.3) is 28.2 Å². The number of rotatable bonds is 4. The van der Waals surface area contributed by atoms with Crippen LogP contribution in [0.1, 0.15) is 21.7 Å². The van der Waals surface area contributed by atoms with Crippen molar-refractivity contribution in [3.8, 4) is 0 Å². The second-order valence-electron chi connectivity index (χ2n) is 5.16. The molecule has 1 N–H and O–H groups in total. The summed E-state index contributed by atoms with van der Waals surface area (Å²) in [5.41, 5.74) is -1.16. The van der Waals surface area contributed by atoms with Gasteiger partial charge in [0.05, 0.1) is 4.92 Å². The Morgan fingerprint density at radius 3 is 2.08 bits per heavy atom. The van der Waals surface area contributed by atoms with Crippen molar-refractivity contribution in [3.05, 3.63) is 86.0 Å². The van der Waals surface area contributed by atoms with Crippen LogP contribution in [0.3, 0.4) is 0 Å². The molecule has 3 aromatic rings. The third kappa shape index (κ3) is 2.62. The summed E-state index contributed by atoms with van der Waals surface area (Å²) in [5.74, 6) is -0.815. The number of aliphatic hydroxyl groups excluding tert-OH is 1. The number of nitro benzene ring substituents is 1. The molecular weight excluding hydrogens is 330 g/mol. The fourth-order valence-corrected chi connectivity index (χ4v) is 2.52. The van der Waals surface area contributed by atoms with Crippen LogP contribution in [-0.4, -0.2) is 15.8 Å². The predicted molar refractivity (Wildman–Crippen MR) is 84.3 cm³/mol. The number of carbonyl (C=O) groups excluding carboxylic acids is 1. The smallest absolute Gasteiger partial charge is 0.336 e. The highest BCUT2D eigenvalue weighted by atomic mass is 16.6. The monoisotopic (exact) mass is 341 g/mol. The number of para-hydroxylation sites is 2. The zero-order valence-electron chi connectivity index (χ0n) is 12.7. The summed E-state index contributed by atoms with van der Waals surface area (Å²) < 4.78 is 0.626. The summed E-state index contributed by atoms with van der Waals surface area (Å²) in [6.07, 6.45) is 0. The average molecular weight is 341 g/mol. The Bertz CT molecular complexity index is 1000. The lowest BCUT2D eigenvalue weighted by atomic mass is 10.1. The van der Waals surface area contributed by atoms with E-state index in [0.29, 0.717) is 9.46 Å². The number of benzene rings is 2. The van der Waals surface area contributed by atoms with Crippen molar-refractivity contribution in [2.24, 2.45) is 0 Å². The lowest BCUT2D eigenvalue weighted by Gasteiger charge is -2.11. The first-order chi connectivity index (χ1) is 12.0. The highest BCUT2D eigenvalue weighted by Gasteiger charge is 2.33.